The summed E-state index contributed by atoms with van der Waals surface area (Å²) >= 11 is 0. The molecule has 0 radical (unpaired) electrons. The largest absolute Gasteiger partial charge is 0.477 e. The van der Waals surface area contributed by atoms with Crippen LogP contribution in [0, 0.1) is 11.8 Å². The van der Waals surface area contributed by atoms with Crippen molar-refractivity contribution in [3.05, 3.63) is 45.8 Å². The fourth-order valence-electron chi connectivity index (χ4n) is 2.31. The maximum Gasteiger partial charge on any atom is 0.344 e. The minimum absolute atomic E-state index is 0.00443. The average molecular weight is 283 g/mol. The Bertz CT molecular complexity index is 800. The van der Waals surface area contributed by atoms with E-state index < -0.39 is 46.3 Å². The third kappa shape index (κ3) is 1.62. The van der Waals surface area contributed by atoms with E-state index in [0.29, 0.717) is 0 Å². The first-order chi connectivity index (χ1) is 9.43. The number of aromatic nitrogens is 1. The third-order valence-electron chi connectivity index (χ3n) is 3.35. The van der Waals surface area contributed by atoms with Crippen LogP contribution in [0.5, 0.6) is 0 Å². The average Bonchev–Trinajstić information content (AvgIpc) is 3.05. The van der Waals surface area contributed by atoms with Crippen molar-refractivity contribution in [1.82, 2.24) is 4.57 Å². The summed E-state index contributed by atoms with van der Waals surface area (Å²) in [6.07, 6.45) is -1.33. The molecule has 1 aromatic carbocycles. The summed E-state index contributed by atoms with van der Waals surface area (Å²) in [7, 11) is 0. The van der Waals surface area contributed by atoms with Crippen molar-refractivity contribution in [2.45, 2.75) is 18.6 Å². The molecule has 1 saturated carbocycles. The summed E-state index contributed by atoms with van der Waals surface area (Å²) in [4.78, 5) is 22.9. The van der Waals surface area contributed by atoms with Gasteiger partial charge >= 0.3 is 5.97 Å². The van der Waals surface area contributed by atoms with Crippen molar-refractivity contribution < 1.29 is 23.1 Å². The number of aromatic carboxylic acids is 1. The first kappa shape index (κ1) is 12.7. The van der Waals surface area contributed by atoms with Crippen molar-refractivity contribution >= 4 is 16.9 Å². The van der Waals surface area contributed by atoms with Crippen molar-refractivity contribution in [1.29, 1.82) is 0 Å². The first-order valence-corrected chi connectivity index (χ1v) is 5.83. The molecule has 0 saturated heterocycles. The van der Waals surface area contributed by atoms with E-state index in [1.54, 1.807) is 0 Å². The van der Waals surface area contributed by atoms with Crippen molar-refractivity contribution in [3.63, 3.8) is 0 Å². The number of pyridine rings is 1. The van der Waals surface area contributed by atoms with Crippen LogP contribution in [0.25, 0.3) is 10.9 Å². The first-order valence-electron chi connectivity index (χ1n) is 5.83. The number of fused-ring (bicyclic) bond motifs is 1. The molecule has 1 aliphatic rings. The molecule has 4 nitrogen and oxygen atoms in total. The van der Waals surface area contributed by atoms with Gasteiger partial charge < -0.3 is 9.67 Å². The van der Waals surface area contributed by atoms with E-state index in [2.05, 4.69) is 0 Å². The summed E-state index contributed by atoms with van der Waals surface area (Å²) < 4.78 is 41.9. The van der Waals surface area contributed by atoms with Gasteiger partial charge in [-0.1, -0.05) is 6.07 Å². The van der Waals surface area contributed by atoms with E-state index in [-0.39, 0.29) is 11.9 Å². The van der Waals surface area contributed by atoms with Crippen molar-refractivity contribution in [2.24, 2.45) is 0 Å². The molecule has 1 fully saturated rings. The van der Waals surface area contributed by atoms with Gasteiger partial charge in [0.05, 0.1) is 16.9 Å². The molecule has 0 unspecified atom stereocenters. The van der Waals surface area contributed by atoms with Crippen LogP contribution in [-0.2, 0) is 0 Å². The fourth-order valence-corrected chi connectivity index (χ4v) is 2.31. The molecule has 1 heterocycles. The summed E-state index contributed by atoms with van der Waals surface area (Å²) in [5.41, 5.74) is -2.54. The Morgan fingerprint density at radius 1 is 1.35 bits per heavy atom. The van der Waals surface area contributed by atoms with E-state index >= 15 is 0 Å². The van der Waals surface area contributed by atoms with Gasteiger partial charge in [0.15, 0.2) is 5.56 Å². The van der Waals surface area contributed by atoms with Crippen molar-refractivity contribution in [3.8, 4) is 0 Å². The molecule has 1 N–H and O–H groups in total. The number of carboxylic acid groups (broad SMARTS) is 1. The smallest absolute Gasteiger partial charge is 0.344 e. The molecule has 2 atom stereocenters. The zero-order valence-electron chi connectivity index (χ0n) is 9.94. The molecule has 0 bridgehead atoms. The molecular formula is C13H8F3NO3. The Morgan fingerprint density at radius 3 is 2.55 bits per heavy atom. The van der Waals surface area contributed by atoms with Gasteiger partial charge in [0.25, 0.3) is 0 Å². The fraction of sp³-hybridized carbons (Fsp3) is 0.231. The Hall–Kier alpha value is -2.31. The monoisotopic (exact) mass is 283 g/mol. The molecule has 2 aromatic rings. The Morgan fingerprint density at radius 2 is 2.00 bits per heavy atom. The number of nitrogens with zero attached hydrogens (tertiary/aromatic N) is 1. The molecule has 20 heavy (non-hydrogen) atoms. The zero-order valence-corrected chi connectivity index (χ0v) is 9.94. The molecule has 104 valence electrons. The van der Waals surface area contributed by atoms with Crippen LogP contribution in [0.15, 0.2) is 23.0 Å². The standard InChI is InChI=1S/C13H8F3NO3/c14-5-2-1-3-7-9(5)11(18)10(13(19)20)12(16)17(7)8-4-6(8)15/h1-3,6,8H,4H2,(H,19,20)/t6-,8+/m0/s1. The maximum atomic E-state index is 14.2. The van der Waals surface area contributed by atoms with Gasteiger partial charge in [-0.05, 0) is 12.1 Å². The van der Waals surface area contributed by atoms with E-state index in [4.69, 9.17) is 5.11 Å². The van der Waals surface area contributed by atoms with Gasteiger partial charge in [-0.15, -0.1) is 0 Å². The van der Waals surface area contributed by atoms with E-state index in [1.807, 2.05) is 0 Å². The number of rotatable bonds is 2. The molecule has 0 amide bonds. The normalized spacial score (nSPS) is 21.1. The Kier molecular flexibility index (Phi) is 2.60. The van der Waals surface area contributed by atoms with Crippen LogP contribution in [-0.4, -0.2) is 21.8 Å². The van der Waals surface area contributed by atoms with Crippen LogP contribution in [0.1, 0.15) is 22.8 Å². The van der Waals surface area contributed by atoms with Crippen LogP contribution in [0.3, 0.4) is 0 Å². The lowest BCUT2D eigenvalue weighted by Gasteiger charge is -2.13. The number of benzene rings is 1. The lowest BCUT2D eigenvalue weighted by atomic mass is 10.1. The highest BCUT2D eigenvalue weighted by Crippen LogP contribution is 2.41. The zero-order chi connectivity index (χ0) is 14.6. The minimum Gasteiger partial charge on any atom is -0.477 e. The van der Waals surface area contributed by atoms with Crippen LogP contribution < -0.4 is 5.43 Å². The number of hydrogen-bond acceptors (Lipinski definition) is 2. The molecule has 0 aliphatic heterocycles. The molecule has 0 spiro atoms. The lowest BCUT2D eigenvalue weighted by Crippen LogP contribution is -2.24. The van der Waals surface area contributed by atoms with E-state index in [9.17, 15) is 22.8 Å². The second-order valence-electron chi connectivity index (χ2n) is 4.62. The topological polar surface area (TPSA) is 59.3 Å². The number of alkyl halides is 1. The van der Waals surface area contributed by atoms with Gasteiger partial charge in [0.2, 0.25) is 11.4 Å². The molecule has 7 heteroatoms. The summed E-state index contributed by atoms with van der Waals surface area (Å²) in [5, 5.41) is 8.38. The maximum absolute atomic E-state index is 14.2. The number of halogens is 3. The highest BCUT2D eigenvalue weighted by Gasteiger charge is 2.42. The summed E-state index contributed by atoms with van der Waals surface area (Å²) in [5.74, 6) is -4.10. The van der Waals surface area contributed by atoms with Crippen LogP contribution >= 0.6 is 0 Å². The van der Waals surface area contributed by atoms with E-state index in [1.165, 1.54) is 12.1 Å². The quantitative estimate of drug-likeness (QED) is 0.860. The van der Waals surface area contributed by atoms with Gasteiger partial charge in [-0.2, -0.15) is 4.39 Å². The van der Waals surface area contributed by atoms with Crippen molar-refractivity contribution in [2.75, 3.05) is 0 Å². The van der Waals surface area contributed by atoms with Gasteiger partial charge in [0.1, 0.15) is 12.0 Å². The lowest BCUT2D eigenvalue weighted by molar-refractivity contribution is 0.0688. The highest BCUT2D eigenvalue weighted by atomic mass is 19.1. The number of carboxylic acids is 1. The summed E-state index contributed by atoms with van der Waals surface area (Å²) in [6.45, 7) is 0. The molecule has 3 rings (SSSR count). The second kappa shape index (κ2) is 4.09. The number of hydrogen-bond donors (Lipinski definition) is 1. The van der Waals surface area contributed by atoms with Crippen LogP contribution in [0.2, 0.25) is 0 Å². The van der Waals surface area contributed by atoms with Gasteiger partial charge in [0, 0.05) is 6.42 Å². The number of carbonyl (C=O) groups is 1. The minimum atomic E-state index is -1.80. The molecule has 1 aromatic heterocycles. The van der Waals surface area contributed by atoms with Crippen LogP contribution in [0.4, 0.5) is 13.2 Å². The Labute approximate surface area is 110 Å². The molecular weight excluding hydrogens is 275 g/mol. The Balaban J connectivity index is 2.51. The summed E-state index contributed by atoms with van der Waals surface area (Å²) in [6, 6.07) is 2.58. The SMILES string of the molecule is O=C(O)c1c(F)n([C@@H]2C[C@@H]2F)c2cccc(F)c2c1=O. The second-order valence-corrected chi connectivity index (χ2v) is 4.62. The highest BCUT2D eigenvalue weighted by molar-refractivity contribution is 5.93. The van der Waals surface area contributed by atoms with E-state index in [0.717, 1.165) is 10.6 Å². The predicted molar refractivity (Wildman–Crippen MR) is 63.6 cm³/mol. The van der Waals surface area contributed by atoms with Gasteiger partial charge in [-0.25, -0.2) is 13.6 Å². The molecule has 1 aliphatic carbocycles. The predicted octanol–water partition coefficient (Wildman–Crippen LogP) is 2.26. The third-order valence-corrected chi connectivity index (χ3v) is 3.35. The van der Waals surface area contributed by atoms with Gasteiger partial charge in [-0.3, -0.25) is 4.79 Å².